The fraction of sp³-hybridized carbons (Fsp3) is 0.714. The van der Waals surface area contributed by atoms with Gasteiger partial charge < -0.3 is 0 Å². The second-order valence-electron chi connectivity index (χ2n) is 16.0. The topological polar surface area (TPSA) is 0 Å². The summed E-state index contributed by atoms with van der Waals surface area (Å²) in [7, 11) is 0. The largest absolute Gasteiger partial charge is 0.204 e. The Balaban J connectivity index is 0.000000188. The molecule has 0 N–H and O–H groups in total. The minimum absolute atomic E-state index is 0.183. The lowest BCUT2D eigenvalue weighted by Crippen LogP contribution is -2.25. The molecular formula is C42H58F6. The van der Waals surface area contributed by atoms with Gasteiger partial charge in [0.25, 0.3) is 0 Å². The Morgan fingerprint density at radius 2 is 0.646 bits per heavy atom. The van der Waals surface area contributed by atoms with Gasteiger partial charge in [-0.1, -0.05) is 65.2 Å². The molecule has 6 rings (SSSR count). The van der Waals surface area contributed by atoms with Gasteiger partial charge in [-0.15, -0.1) is 0 Å². The molecular weight excluding hydrogens is 618 g/mol. The van der Waals surface area contributed by atoms with Crippen LogP contribution in [0, 0.1) is 70.4 Å². The van der Waals surface area contributed by atoms with E-state index in [-0.39, 0.29) is 11.8 Å². The highest BCUT2D eigenvalue weighted by Crippen LogP contribution is 2.46. The molecule has 4 aliphatic rings. The van der Waals surface area contributed by atoms with Crippen molar-refractivity contribution in [3.8, 4) is 0 Å². The van der Waals surface area contributed by atoms with Gasteiger partial charge in [-0.3, -0.25) is 0 Å². The van der Waals surface area contributed by atoms with Crippen LogP contribution in [0.15, 0.2) is 24.3 Å². The first-order valence-electron chi connectivity index (χ1n) is 19.4. The third kappa shape index (κ3) is 9.62. The van der Waals surface area contributed by atoms with Crippen molar-refractivity contribution in [2.45, 2.75) is 154 Å². The highest BCUT2D eigenvalue weighted by molar-refractivity contribution is 5.24. The summed E-state index contributed by atoms with van der Waals surface area (Å²) in [5, 5.41) is 0. The van der Waals surface area contributed by atoms with Crippen molar-refractivity contribution in [2.75, 3.05) is 0 Å². The molecule has 268 valence electrons. The fourth-order valence-corrected chi connectivity index (χ4v) is 10.2. The Hall–Kier alpha value is -1.98. The molecule has 2 aromatic carbocycles. The predicted octanol–water partition coefficient (Wildman–Crippen LogP) is 14.0. The van der Waals surface area contributed by atoms with E-state index in [2.05, 4.69) is 13.8 Å². The van der Waals surface area contributed by atoms with Crippen molar-refractivity contribution >= 4 is 0 Å². The van der Waals surface area contributed by atoms with Crippen molar-refractivity contribution in [1.29, 1.82) is 0 Å². The Morgan fingerprint density at radius 1 is 0.396 bits per heavy atom. The van der Waals surface area contributed by atoms with Crippen molar-refractivity contribution < 1.29 is 26.3 Å². The molecule has 0 aromatic heterocycles. The number of hydrogen-bond donors (Lipinski definition) is 0. The van der Waals surface area contributed by atoms with Crippen LogP contribution in [-0.4, -0.2) is 0 Å². The molecule has 0 heterocycles. The molecule has 0 aliphatic heterocycles. The van der Waals surface area contributed by atoms with Gasteiger partial charge in [0.15, 0.2) is 34.9 Å². The second kappa shape index (κ2) is 17.8. The van der Waals surface area contributed by atoms with Gasteiger partial charge in [0, 0.05) is 0 Å². The van der Waals surface area contributed by atoms with Crippen LogP contribution in [0.25, 0.3) is 0 Å². The van der Waals surface area contributed by atoms with Crippen LogP contribution in [-0.2, 0) is 0 Å². The van der Waals surface area contributed by atoms with E-state index in [1.54, 1.807) is 0 Å². The van der Waals surface area contributed by atoms with Crippen molar-refractivity contribution in [3.63, 3.8) is 0 Å². The van der Waals surface area contributed by atoms with Crippen LogP contribution < -0.4 is 0 Å². The van der Waals surface area contributed by atoms with Gasteiger partial charge in [-0.2, -0.15) is 0 Å². The fourth-order valence-electron chi connectivity index (χ4n) is 10.2. The molecule has 48 heavy (non-hydrogen) atoms. The maximum Gasteiger partial charge on any atom is 0.194 e. The van der Waals surface area contributed by atoms with Crippen LogP contribution in [0.1, 0.15) is 165 Å². The van der Waals surface area contributed by atoms with Gasteiger partial charge >= 0.3 is 0 Å². The highest BCUT2D eigenvalue weighted by atomic mass is 19.2. The van der Waals surface area contributed by atoms with E-state index in [0.29, 0.717) is 11.1 Å². The molecule has 4 saturated carbocycles. The first-order chi connectivity index (χ1) is 23.2. The van der Waals surface area contributed by atoms with Crippen molar-refractivity contribution in [1.82, 2.24) is 0 Å². The Morgan fingerprint density at radius 3 is 0.896 bits per heavy atom. The third-order valence-corrected chi connectivity index (χ3v) is 13.0. The van der Waals surface area contributed by atoms with Crippen LogP contribution >= 0.6 is 0 Å². The summed E-state index contributed by atoms with van der Waals surface area (Å²) < 4.78 is 80.0. The first kappa shape index (κ1) is 37.3. The van der Waals surface area contributed by atoms with Crippen molar-refractivity contribution in [3.05, 3.63) is 70.3 Å². The maximum absolute atomic E-state index is 13.4. The predicted molar refractivity (Wildman–Crippen MR) is 183 cm³/mol. The molecule has 0 bridgehead atoms. The van der Waals surface area contributed by atoms with E-state index in [0.717, 1.165) is 86.9 Å². The summed E-state index contributed by atoms with van der Waals surface area (Å²) in [6, 6.07) is 4.78. The first-order valence-corrected chi connectivity index (χ1v) is 19.4. The average Bonchev–Trinajstić information content (AvgIpc) is 3.10. The van der Waals surface area contributed by atoms with Crippen LogP contribution in [0.4, 0.5) is 26.3 Å². The van der Waals surface area contributed by atoms with Crippen LogP contribution in [0.5, 0.6) is 0 Å². The lowest BCUT2D eigenvalue weighted by atomic mass is 9.68. The van der Waals surface area contributed by atoms with E-state index >= 15 is 0 Å². The SMILES string of the molecule is CCCC1CCC(C2CCC(c3cc(F)c(F)c(F)c3)CC2)CC1.CCCC1CCC(C2CCC(c3cc(F)c(F)c(F)c3)CC2)CC1. The molecule has 0 atom stereocenters. The third-order valence-electron chi connectivity index (χ3n) is 13.0. The lowest BCUT2D eigenvalue weighted by molar-refractivity contribution is 0.156. The normalized spacial score (nSPS) is 31.2. The van der Waals surface area contributed by atoms with E-state index < -0.39 is 34.9 Å². The standard InChI is InChI=1S/2C21H29F3/c2*1-2-3-14-4-6-15(7-5-14)16-8-10-17(11-9-16)18-12-19(22)21(24)20(23)13-18/h2*12-17H,2-11H2,1H3. The van der Waals surface area contributed by atoms with Gasteiger partial charge in [0.2, 0.25) is 0 Å². The van der Waals surface area contributed by atoms with E-state index in [1.807, 2.05) is 0 Å². The molecule has 0 nitrogen and oxygen atoms in total. The zero-order chi connectivity index (χ0) is 34.2. The number of halogens is 6. The Labute approximate surface area is 285 Å². The van der Waals surface area contributed by atoms with Crippen LogP contribution in [0.3, 0.4) is 0 Å². The summed E-state index contributed by atoms with van der Waals surface area (Å²) in [4.78, 5) is 0. The zero-order valence-electron chi connectivity index (χ0n) is 29.3. The van der Waals surface area contributed by atoms with Crippen LogP contribution in [0.2, 0.25) is 0 Å². The van der Waals surface area contributed by atoms with E-state index in [9.17, 15) is 26.3 Å². The summed E-state index contributed by atoms with van der Waals surface area (Å²) in [5.41, 5.74) is 1.27. The Kier molecular flexibility index (Phi) is 13.8. The number of hydrogen-bond acceptors (Lipinski definition) is 0. The molecule has 0 amide bonds. The molecule has 4 aliphatic carbocycles. The molecule has 2 aromatic rings. The van der Waals surface area contributed by atoms with Gasteiger partial charge in [0.1, 0.15) is 0 Å². The Bertz CT molecular complexity index is 1130. The quantitative estimate of drug-likeness (QED) is 0.193. The lowest BCUT2D eigenvalue weighted by Gasteiger charge is -2.38. The molecule has 0 unspecified atom stereocenters. The second-order valence-corrected chi connectivity index (χ2v) is 16.0. The number of benzene rings is 2. The summed E-state index contributed by atoms with van der Waals surface area (Å²) in [6.07, 6.45) is 24.8. The smallest absolute Gasteiger partial charge is 0.194 e. The molecule has 4 fully saturated rings. The maximum atomic E-state index is 13.4. The molecule has 0 spiro atoms. The number of rotatable bonds is 8. The minimum Gasteiger partial charge on any atom is -0.204 e. The minimum atomic E-state index is -1.35. The average molecular weight is 677 g/mol. The monoisotopic (exact) mass is 676 g/mol. The molecule has 0 saturated heterocycles. The summed E-state index contributed by atoms with van der Waals surface area (Å²) in [5.74, 6) is -1.43. The van der Waals surface area contributed by atoms with Gasteiger partial charge in [0.05, 0.1) is 0 Å². The zero-order valence-corrected chi connectivity index (χ0v) is 29.3. The molecule has 0 radical (unpaired) electrons. The van der Waals surface area contributed by atoms with Crippen molar-refractivity contribution in [2.24, 2.45) is 35.5 Å². The van der Waals surface area contributed by atoms with Gasteiger partial charge in [-0.25, -0.2) is 26.3 Å². The van der Waals surface area contributed by atoms with E-state index in [4.69, 9.17) is 0 Å². The molecule has 6 heteroatoms. The highest BCUT2D eigenvalue weighted by Gasteiger charge is 2.33. The summed E-state index contributed by atoms with van der Waals surface area (Å²) >= 11 is 0. The summed E-state index contributed by atoms with van der Waals surface area (Å²) in [6.45, 7) is 4.54. The van der Waals surface area contributed by atoms with E-state index in [1.165, 1.54) is 101 Å². The van der Waals surface area contributed by atoms with Gasteiger partial charge in [-0.05, 0) is 160 Å².